The van der Waals surface area contributed by atoms with Crippen LogP contribution >= 0.6 is 23.4 Å². The summed E-state index contributed by atoms with van der Waals surface area (Å²) in [7, 11) is 0. The van der Waals surface area contributed by atoms with Gasteiger partial charge in [0, 0.05) is 27.0 Å². The van der Waals surface area contributed by atoms with Crippen molar-refractivity contribution in [3.05, 3.63) is 105 Å². The SMILES string of the molecule is O=c1oc2ccccc2cc1C1=Nc2ccccc2SC(c2ccc(Cl)cc2)C1. The number of nitrogens with zero attached hydrogens (tertiary/aromatic N) is 1. The number of fused-ring (bicyclic) bond motifs is 2. The molecule has 3 nitrogen and oxygen atoms in total. The maximum atomic E-state index is 12.8. The van der Waals surface area contributed by atoms with Gasteiger partial charge in [-0.15, -0.1) is 11.8 Å². The molecular weight excluding hydrogens is 402 g/mol. The summed E-state index contributed by atoms with van der Waals surface area (Å²) in [6.07, 6.45) is 0.615. The largest absolute Gasteiger partial charge is 0.422 e. The minimum absolute atomic E-state index is 0.112. The normalized spacial score (nSPS) is 16.2. The first-order valence-corrected chi connectivity index (χ1v) is 10.5. The van der Waals surface area contributed by atoms with E-state index in [1.54, 1.807) is 17.8 Å². The third-order valence-electron chi connectivity index (χ3n) is 4.96. The molecule has 142 valence electrons. The summed E-state index contributed by atoms with van der Waals surface area (Å²) in [5.41, 5.74) is 3.49. The molecule has 0 fully saturated rings. The summed E-state index contributed by atoms with van der Waals surface area (Å²) in [6, 6.07) is 25.3. The Morgan fingerprint density at radius 2 is 1.72 bits per heavy atom. The Bertz CT molecular complexity index is 1290. The fourth-order valence-corrected chi connectivity index (χ4v) is 4.87. The molecule has 0 bridgehead atoms. The second-order valence-electron chi connectivity index (χ2n) is 6.87. The highest BCUT2D eigenvalue weighted by atomic mass is 35.5. The van der Waals surface area contributed by atoms with Gasteiger partial charge in [0.25, 0.3) is 0 Å². The van der Waals surface area contributed by atoms with Crippen LogP contribution in [0.2, 0.25) is 5.02 Å². The minimum atomic E-state index is -0.360. The van der Waals surface area contributed by atoms with E-state index in [1.807, 2.05) is 66.7 Å². The van der Waals surface area contributed by atoms with E-state index in [0.717, 1.165) is 27.2 Å². The average molecular weight is 418 g/mol. The molecule has 1 aromatic heterocycles. The third-order valence-corrected chi connectivity index (χ3v) is 6.54. The van der Waals surface area contributed by atoms with E-state index < -0.39 is 0 Å². The molecular formula is C24H16ClNO2S. The van der Waals surface area contributed by atoms with Crippen molar-refractivity contribution in [2.75, 3.05) is 0 Å². The van der Waals surface area contributed by atoms with Gasteiger partial charge in [-0.2, -0.15) is 0 Å². The Kier molecular flexibility index (Phi) is 4.74. The van der Waals surface area contributed by atoms with E-state index in [-0.39, 0.29) is 10.9 Å². The molecule has 0 radical (unpaired) electrons. The van der Waals surface area contributed by atoms with Gasteiger partial charge in [-0.05, 0) is 42.0 Å². The van der Waals surface area contributed by atoms with Crippen molar-refractivity contribution < 1.29 is 4.42 Å². The zero-order valence-electron chi connectivity index (χ0n) is 15.3. The molecule has 0 saturated heterocycles. The van der Waals surface area contributed by atoms with Gasteiger partial charge in [-0.1, -0.05) is 54.1 Å². The molecule has 0 amide bonds. The summed E-state index contributed by atoms with van der Waals surface area (Å²) in [5.74, 6) is 0. The lowest BCUT2D eigenvalue weighted by molar-refractivity contribution is 0.559. The molecule has 1 aliphatic rings. The molecule has 0 aliphatic carbocycles. The van der Waals surface area contributed by atoms with Crippen LogP contribution in [0.15, 0.2) is 98.0 Å². The second-order valence-corrected chi connectivity index (χ2v) is 8.55. The third kappa shape index (κ3) is 3.61. The van der Waals surface area contributed by atoms with Gasteiger partial charge in [0.15, 0.2) is 0 Å². The highest BCUT2D eigenvalue weighted by Crippen LogP contribution is 2.45. The van der Waals surface area contributed by atoms with Gasteiger partial charge in [-0.3, -0.25) is 4.99 Å². The number of para-hydroxylation sites is 2. The number of rotatable bonds is 2. The van der Waals surface area contributed by atoms with Crippen LogP contribution in [0.5, 0.6) is 0 Å². The molecule has 0 spiro atoms. The Hall–Kier alpha value is -2.82. The number of benzene rings is 3. The van der Waals surface area contributed by atoms with E-state index in [4.69, 9.17) is 21.0 Å². The van der Waals surface area contributed by atoms with Gasteiger partial charge >= 0.3 is 5.63 Å². The first kappa shape index (κ1) is 18.2. The molecule has 1 aliphatic heterocycles. The predicted octanol–water partition coefficient (Wildman–Crippen LogP) is 6.80. The van der Waals surface area contributed by atoms with E-state index in [1.165, 1.54) is 0 Å². The number of halogens is 1. The number of hydrogen-bond donors (Lipinski definition) is 0. The second kappa shape index (κ2) is 7.54. The van der Waals surface area contributed by atoms with Crippen molar-refractivity contribution in [3.8, 4) is 0 Å². The maximum absolute atomic E-state index is 12.8. The Balaban J connectivity index is 1.66. The number of thioether (sulfide) groups is 1. The van der Waals surface area contributed by atoms with Gasteiger partial charge in [0.1, 0.15) is 5.58 Å². The highest BCUT2D eigenvalue weighted by molar-refractivity contribution is 7.99. The molecule has 5 rings (SSSR count). The molecule has 4 aromatic rings. The standard InChI is InChI=1S/C24H16ClNO2S/c25-17-11-9-15(10-12-17)23-14-20(26-19-6-2-4-8-22(19)29-23)18-13-16-5-1-3-7-21(16)28-24(18)27/h1-13,23H,14H2. The van der Waals surface area contributed by atoms with Crippen LogP contribution in [0, 0.1) is 0 Å². The molecule has 1 unspecified atom stereocenters. The van der Waals surface area contributed by atoms with Crippen LogP contribution < -0.4 is 5.63 Å². The van der Waals surface area contributed by atoms with Crippen LogP contribution in [-0.4, -0.2) is 5.71 Å². The van der Waals surface area contributed by atoms with Crippen molar-refractivity contribution in [1.82, 2.24) is 0 Å². The number of aliphatic imine (C=N–C) groups is 1. The summed E-state index contributed by atoms with van der Waals surface area (Å²) >= 11 is 7.83. The molecule has 29 heavy (non-hydrogen) atoms. The lowest BCUT2D eigenvalue weighted by atomic mass is 10.0. The summed E-state index contributed by atoms with van der Waals surface area (Å²) in [6.45, 7) is 0. The zero-order chi connectivity index (χ0) is 19.8. The van der Waals surface area contributed by atoms with Crippen LogP contribution in [0.1, 0.15) is 22.8 Å². The van der Waals surface area contributed by atoms with Crippen molar-refractivity contribution in [1.29, 1.82) is 0 Å². The van der Waals surface area contributed by atoms with Gasteiger partial charge in [0.05, 0.1) is 17.0 Å². The van der Waals surface area contributed by atoms with Gasteiger partial charge in [0.2, 0.25) is 0 Å². The van der Waals surface area contributed by atoms with Crippen molar-refractivity contribution >= 4 is 45.7 Å². The van der Waals surface area contributed by atoms with Crippen LogP contribution in [0.3, 0.4) is 0 Å². The van der Waals surface area contributed by atoms with E-state index >= 15 is 0 Å². The van der Waals surface area contributed by atoms with E-state index in [0.29, 0.717) is 22.6 Å². The Morgan fingerprint density at radius 1 is 0.966 bits per heavy atom. The molecule has 3 aromatic carbocycles. The van der Waals surface area contributed by atoms with Crippen LogP contribution in [0.25, 0.3) is 11.0 Å². The fourth-order valence-electron chi connectivity index (χ4n) is 3.51. The number of hydrogen-bond acceptors (Lipinski definition) is 4. The zero-order valence-corrected chi connectivity index (χ0v) is 16.9. The van der Waals surface area contributed by atoms with Crippen LogP contribution in [0.4, 0.5) is 5.69 Å². The average Bonchev–Trinajstić information content (AvgIpc) is 2.93. The van der Waals surface area contributed by atoms with E-state index in [2.05, 4.69) is 6.07 Å². The lowest BCUT2D eigenvalue weighted by Gasteiger charge is -2.16. The quantitative estimate of drug-likeness (QED) is 0.336. The monoisotopic (exact) mass is 417 g/mol. The smallest absolute Gasteiger partial charge is 0.345 e. The molecule has 1 atom stereocenters. The molecule has 0 saturated carbocycles. The maximum Gasteiger partial charge on any atom is 0.345 e. The Labute approximate surface area is 177 Å². The first-order valence-electron chi connectivity index (χ1n) is 9.29. The topological polar surface area (TPSA) is 42.6 Å². The lowest BCUT2D eigenvalue weighted by Crippen LogP contribution is -2.16. The van der Waals surface area contributed by atoms with Gasteiger partial charge < -0.3 is 4.42 Å². The molecule has 0 N–H and O–H groups in total. The summed E-state index contributed by atoms with van der Waals surface area (Å²) < 4.78 is 5.57. The van der Waals surface area contributed by atoms with E-state index in [9.17, 15) is 4.79 Å². The molecule has 5 heteroatoms. The summed E-state index contributed by atoms with van der Waals surface area (Å²) in [4.78, 5) is 18.7. The van der Waals surface area contributed by atoms with Crippen molar-refractivity contribution in [2.24, 2.45) is 4.99 Å². The van der Waals surface area contributed by atoms with Crippen molar-refractivity contribution in [2.45, 2.75) is 16.6 Å². The van der Waals surface area contributed by atoms with Crippen molar-refractivity contribution in [3.63, 3.8) is 0 Å². The molecule has 2 heterocycles. The summed E-state index contributed by atoms with van der Waals surface area (Å²) in [5, 5.41) is 1.70. The van der Waals surface area contributed by atoms with Crippen LogP contribution in [-0.2, 0) is 0 Å². The van der Waals surface area contributed by atoms with Gasteiger partial charge in [-0.25, -0.2) is 4.79 Å². The Morgan fingerprint density at radius 3 is 2.59 bits per heavy atom. The fraction of sp³-hybridized carbons (Fsp3) is 0.0833. The first-order chi connectivity index (χ1) is 14.2. The predicted molar refractivity (Wildman–Crippen MR) is 120 cm³/mol. The minimum Gasteiger partial charge on any atom is -0.422 e. The highest BCUT2D eigenvalue weighted by Gasteiger charge is 2.24.